The van der Waals surface area contributed by atoms with Gasteiger partial charge in [-0.1, -0.05) is 12.1 Å². The van der Waals surface area contributed by atoms with Crippen LogP contribution in [0, 0.1) is 0 Å². The minimum atomic E-state index is 0.327. The molecule has 0 aliphatic rings. The minimum Gasteiger partial charge on any atom is -0.508 e. The third kappa shape index (κ3) is 4.13. The number of aromatic hydroxyl groups is 1. The average molecular weight is 262 g/mol. The average Bonchev–Trinajstić information content (AvgIpc) is 2.89. The van der Waals surface area contributed by atoms with Crippen LogP contribution in [0.25, 0.3) is 0 Å². The summed E-state index contributed by atoms with van der Waals surface area (Å²) in [7, 11) is 0. The van der Waals surface area contributed by atoms with E-state index < -0.39 is 0 Å². The van der Waals surface area contributed by atoms with E-state index in [9.17, 15) is 5.11 Å². The van der Waals surface area contributed by atoms with Crippen molar-refractivity contribution in [2.45, 2.75) is 32.4 Å². The molecule has 1 heterocycles. The summed E-state index contributed by atoms with van der Waals surface area (Å²) in [5.41, 5.74) is 1.26. The standard InChI is InChI=1S/C14H18N2OS/c1-11(16-10-14-15-8-9-18-14)2-3-12-4-6-13(17)7-5-12/h4-9,11,16-17H,2-3,10H2,1H3. The van der Waals surface area contributed by atoms with Crippen molar-refractivity contribution in [3.05, 3.63) is 46.4 Å². The number of rotatable bonds is 6. The Balaban J connectivity index is 1.71. The Hall–Kier alpha value is -1.39. The van der Waals surface area contributed by atoms with Crippen molar-refractivity contribution >= 4 is 11.3 Å². The van der Waals surface area contributed by atoms with E-state index in [2.05, 4.69) is 17.2 Å². The molecule has 1 aromatic heterocycles. The number of phenols is 1. The van der Waals surface area contributed by atoms with Gasteiger partial charge in [0.05, 0.1) is 0 Å². The van der Waals surface area contributed by atoms with Crippen LogP contribution in [0.15, 0.2) is 35.8 Å². The summed E-state index contributed by atoms with van der Waals surface area (Å²) in [5.74, 6) is 0.327. The van der Waals surface area contributed by atoms with Crippen molar-refractivity contribution in [2.75, 3.05) is 0 Å². The predicted octanol–water partition coefficient (Wildman–Crippen LogP) is 2.96. The zero-order valence-electron chi connectivity index (χ0n) is 10.5. The lowest BCUT2D eigenvalue weighted by Gasteiger charge is -2.12. The van der Waals surface area contributed by atoms with Crippen molar-refractivity contribution in [3.8, 4) is 5.75 Å². The van der Waals surface area contributed by atoms with Gasteiger partial charge in [-0.15, -0.1) is 11.3 Å². The first kappa shape index (κ1) is 13.1. The number of thiazole rings is 1. The number of hydrogen-bond donors (Lipinski definition) is 2. The third-order valence-electron chi connectivity index (χ3n) is 2.89. The van der Waals surface area contributed by atoms with Crippen LogP contribution < -0.4 is 5.32 Å². The van der Waals surface area contributed by atoms with Crippen molar-refractivity contribution < 1.29 is 5.11 Å². The third-order valence-corrected chi connectivity index (χ3v) is 3.67. The van der Waals surface area contributed by atoms with Crippen LogP contribution in [-0.2, 0) is 13.0 Å². The first-order chi connectivity index (χ1) is 8.74. The number of phenolic OH excluding ortho intramolecular Hbond substituents is 1. The predicted molar refractivity (Wildman–Crippen MR) is 74.8 cm³/mol. The lowest BCUT2D eigenvalue weighted by atomic mass is 10.1. The van der Waals surface area contributed by atoms with E-state index in [-0.39, 0.29) is 0 Å². The lowest BCUT2D eigenvalue weighted by molar-refractivity contribution is 0.474. The Kier molecular flexibility index (Phi) is 4.73. The second-order valence-corrected chi connectivity index (χ2v) is 5.39. The SMILES string of the molecule is CC(CCc1ccc(O)cc1)NCc1nccs1. The Labute approximate surface area is 112 Å². The molecule has 0 saturated heterocycles. The monoisotopic (exact) mass is 262 g/mol. The summed E-state index contributed by atoms with van der Waals surface area (Å²) >= 11 is 1.68. The van der Waals surface area contributed by atoms with Crippen molar-refractivity contribution in [2.24, 2.45) is 0 Å². The van der Waals surface area contributed by atoms with E-state index in [0.29, 0.717) is 11.8 Å². The van der Waals surface area contributed by atoms with E-state index >= 15 is 0 Å². The molecule has 0 aliphatic carbocycles. The van der Waals surface area contributed by atoms with E-state index in [1.165, 1.54) is 5.56 Å². The van der Waals surface area contributed by atoms with Gasteiger partial charge in [0, 0.05) is 24.2 Å². The summed E-state index contributed by atoms with van der Waals surface area (Å²) in [6.07, 6.45) is 3.94. The molecule has 0 bridgehead atoms. The van der Waals surface area contributed by atoms with Crippen LogP contribution >= 0.6 is 11.3 Å². The first-order valence-corrected chi connectivity index (χ1v) is 7.01. The molecule has 0 spiro atoms. The second-order valence-electron chi connectivity index (χ2n) is 4.41. The number of nitrogens with zero attached hydrogens (tertiary/aromatic N) is 1. The number of nitrogens with one attached hydrogen (secondary N) is 1. The van der Waals surface area contributed by atoms with Gasteiger partial charge >= 0.3 is 0 Å². The molecule has 0 radical (unpaired) electrons. The van der Waals surface area contributed by atoms with Crippen LogP contribution in [0.3, 0.4) is 0 Å². The molecule has 2 N–H and O–H groups in total. The zero-order valence-corrected chi connectivity index (χ0v) is 11.3. The molecule has 1 atom stereocenters. The maximum absolute atomic E-state index is 9.21. The van der Waals surface area contributed by atoms with E-state index in [0.717, 1.165) is 24.4 Å². The van der Waals surface area contributed by atoms with Gasteiger partial charge in [0.1, 0.15) is 10.8 Å². The van der Waals surface area contributed by atoms with Gasteiger partial charge in [-0.3, -0.25) is 0 Å². The molecule has 0 amide bonds. The molecule has 3 nitrogen and oxygen atoms in total. The molecule has 18 heavy (non-hydrogen) atoms. The summed E-state index contributed by atoms with van der Waals surface area (Å²) in [4.78, 5) is 4.24. The van der Waals surface area contributed by atoms with Gasteiger partial charge in [0.25, 0.3) is 0 Å². The fraction of sp³-hybridized carbons (Fsp3) is 0.357. The van der Waals surface area contributed by atoms with Gasteiger partial charge in [0.15, 0.2) is 0 Å². The number of aromatic nitrogens is 1. The maximum atomic E-state index is 9.21. The molecule has 0 aliphatic heterocycles. The van der Waals surface area contributed by atoms with Crippen LogP contribution in [0.5, 0.6) is 5.75 Å². The molecule has 2 aromatic rings. The van der Waals surface area contributed by atoms with Crippen LogP contribution in [-0.4, -0.2) is 16.1 Å². The fourth-order valence-electron chi connectivity index (χ4n) is 1.75. The first-order valence-electron chi connectivity index (χ1n) is 6.13. The molecule has 1 unspecified atom stereocenters. The van der Waals surface area contributed by atoms with Gasteiger partial charge in [0.2, 0.25) is 0 Å². The molecule has 0 saturated carbocycles. The molecular formula is C14H18N2OS. The molecule has 96 valence electrons. The van der Waals surface area contributed by atoms with Crippen molar-refractivity contribution in [3.63, 3.8) is 0 Å². The smallest absolute Gasteiger partial charge is 0.115 e. The second kappa shape index (κ2) is 6.52. The topological polar surface area (TPSA) is 45.1 Å². The summed E-state index contributed by atoms with van der Waals surface area (Å²) in [6.45, 7) is 3.03. The number of aryl methyl sites for hydroxylation is 1. The quantitative estimate of drug-likeness (QED) is 0.841. The van der Waals surface area contributed by atoms with Gasteiger partial charge < -0.3 is 10.4 Å². The summed E-state index contributed by atoms with van der Waals surface area (Å²) < 4.78 is 0. The minimum absolute atomic E-state index is 0.327. The highest BCUT2D eigenvalue weighted by Gasteiger charge is 2.03. The number of benzene rings is 1. The molecule has 0 fully saturated rings. The lowest BCUT2D eigenvalue weighted by Crippen LogP contribution is -2.25. The molecule has 1 aromatic carbocycles. The van der Waals surface area contributed by atoms with Crippen LogP contribution in [0.4, 0.5) is 0 Å². The van der Waals surface area contributed by atoms with E-state index in [1.54, 1.807) is 23.5 Å². The molecular weight excluding hydrogens is 244 g/mol. The number of hydrogen-bond acceptors (Lipinski definition) is 4. The zero-order chi connectivity index (χ0) is 12.8. The highest BCUT2D eigenvalue weighted by molar-refractivity contribution is 7.09. The summed E-state index contributed by atoms with van der Waals surface area (Å²) in [5, 5.41) is 15.8. The summed E-state index contributed by atoms with van der Waals surface area (Å²) in [6, 6.07) is 7.89. The van der Waals surface area contributed by atoms with Crippen LogP contribution in [0.1, 0.15) is 23.9 Å². The maximum Gasteiger partial charge on any atom is 0.115 e. The Morgan fingerprint density at radius 1 is 1.33 bits per heavy atom. The van der Waals surface area contributed by atoms with Gasteiger partial charge in [-0.2, -0.15) is 0 Å². The normalized spacial score (nSPS) is 12.5. The Bertz CT molecular complexity index is 453. The van der Waals surface area contributed by atoms with Crippen molar-refractivity contribution in [1.29, 1.82) is 0 Å². The van der Waals surface area contributed by atoms with Gasteiger partial charge in [-0.25, -0.2) is 4.98 Å². The Morgan fingerprint density at radius 2 is 2.11 bits per heavy atom. The van der Waals surface area contributed by atoms with Crippen molar-refractivity contribution in [1.82, 2.24) is 10.3 Å². The largest absolute Gasteiger partial charge is 0.508 e. The highest BCUT2D eigenvalue weighted by atomic mass is 32.1. The van der Waals surface area contributed by atoms with Gasteiger partial charge in [-0.05, 0) is 37.5 Å². The Morgan fingerprint density at radius 3 is 2.78 bits per heavy atom. The van der Waals surface area contributed by atoms with Crippen LogP contribution in [0.2, 0.25) is 0 Å². The van der Waals surface area contributed by atoms with E-state index in [1.807, 2.05) is 23.7 Å². The molecule has 2 rings (SSSR count). The fourth-order valence-corrected chi connectivity index (χ4v) is 2.32. The van der Waals surface area contributed by atoms with E-state index in [4.69, 9.17) is 0 Å². The highest BCUT2D eigenvalue weighted by Crippen LogP contribution is 2.12. The molecule has 4 heteroatoms.